The van der Waals surface area contributed by atoms with Crippen molar-refractivity contribution >= 4 is 11.7 Å². The summed E-state index contributed by atoms with van der Waals surface area (Å²) in [6.45, 7) is -2.06. The van der Waals surface area contributed by atoms with E-state index >= 15 is 0 Å². The Labute approximate surface area is 119 Å². The monoisotopic (exact) mass is 304 g/mol. The van der Waals surface area contributed by atoms with Crippen molar-refractivity contribution in [2.24, 2.45) is 0 Å². The second-order valence-corrected chi connectivity index (χ2v) is 4.49. The molecule has 1 aromatic rings. The molecule has 0 spiro atoms. The molecular formula is C13H15F3N2O3. The Morgan fingerprint density at radius 1 is 1.48 bits per heavy atom. The number of amides is 2. The van der Waals surface area contributed by atoms with Gasteiger partial charge in [-0.1, -0.05) is 0 Å². The quantitative estimate of drug-likeness (QED) is 0.879. The van der Waals surface area contributed by atoms with Crippen LogP contribution >= 0.6 is 0 Å². The van der Waals surface area contributed by atoms with E-state index in [0.29, 0.717) is 13.2 Å². The largest absolute Gasteiger partial charge is 0.432 e. The summed E-state index contributed by atoms with van der Waals surface area (Å²) in [6.07, 6.45) is 1.84. The van der Waals surface area contributed by atoms with E-state index in [0.717, 1.165) is 25.0 Å². The average molecular weight is 304 g/mol. The van der Waals surface area contributed by atoms with Gasteiger partial charge in [0.15, 0.2) is 11.6 Å². The predicted molar refractivity (Wildman–Crippen MR) is 69.0 cm³/mol. The molecule has 8 heteroatoms. The van der Waals surface area contributed by atoms with Crippen LogP contribution in [-0.4, -0.2) is 31.9 Å². The van der Waals surface area contributed by atoms with Crippen LogP contribution in [0.5, 0.6) is 5.75 Å². The van der Waals surface area contributed by atoms with E-state index < -0.39 is 24.2 Å². The van der Waals surface area contributed by atoms with Crippen molar-refractivity contribution in [3.05, 3.63) is 24.0 Å². The van der Waals surface area contributed by atoms with E-state index in [4.69, 9.17) is 4.74 Å². The number of urea groups is 1. The molecule has 1 aliphatic heterocycles. The van der Waals surface area contributed by atoms with E-state index in [1.165, 1.54) is 6.07 Å². The molecule has 116 valence electrons. The molecule has 2 rings (SSSR count). The molecular weight excluding hydrogens is 289 g/mol. The fraction of sp³-hybridized carbons (Fsp3) is 0.462. The normalized spacial score (nSPS) is 17.8. The van der Waals surface area contributed by atoms with Gasteiger partial charge in [-0.25, -0.2) is 9.18 Å². The van der Waals surface area contributed by atoms with Crippen LogP contribution in [0.2, 0.25) is 0 Å². The first kappa shape index (κ1) is 15.4. The van der Waals surface area contributed by atoms with E-state index in [9.17, 15) is 18.0 Å². The Hall–Kier alpha value is -1.96. The second kappa shape index (κ2) is 7.16. The fourth-order valence-corrected chi connectivity index (χ4v) is 1.96. The van der Waals surface area contributed by atoms with Crippen molar-refractivity contribution in [1.29, 1.82) is 0 Å². The molecule has 0 radical (unpaired) electrons. The summed E-state index contributed by atoms with van der Waals surface area (Å²) in [5, 5.41) is 4.99. The Balaban J connectivity index is 1.84. The third-order valence-electron chi connectivity index (χ3n) is 2.92. The Morgan fingerprint density at radius 2 is 2.29 bits per heavy atom. The number of benzene rings is 1. The highest BCUT2D eigenvalue weighted by Crippen LogP contribution is 2.22. The van der Waals surface area contributed by atoms with Crippen LogP contribution < -0.4 is 15.4 Å². The number of alkyl halides is 2. The smallest absolute Gasteiger partial charge is 0.387 e. The van der Waals surface area contributed by atoms with Crippen molar-refractivity contribution in [3.8, 4) is 5.75 Å². The molecule has 1 saturated heterocycles. The number of ether oxygens (including phenoxy) is 2. The lowest BCUT2D eigenvalue weighted by Gasteiger charge is -2.12. The maximum atomic E-state index is 13.4. The van der Waals surface area contributed by atoms with Gasteiger partial charge in [0.05, 0.1) is 6.10 Å². The van der Waals surface area contributed by atoms with Crippen molar-refractivity contribution in [1.82, 2.24) is 5.32 Å². The molecule has 0 saturated carbocycles. The van der Waals surface area contributed by atoms with Crippen LogP contribution in [0.4, 0.5) is 23.7 Å². The number of nitrogens with one attached hydrogen (secondary N) is 2. The minimum Gasteiger partial charge on any atom is -0.432 e. The van der Waals surface area contributed by atoms with Gasteiger partial charge < -0.3 is 20.1 Å². The summed E-state index contributed by atoms with van der Waals surface area (Å²) in [7, 11) is 0. The third-order valence-corrected chi connectivity index (χ3v) is 2.92. The number of carbonyl (C=O) groups excluding carboxylic acids is 1. The van der Waals surface area contributed by atoms with Crippen molar-refractivity contribution in [3.63, 3.8) is 0 Å². The molecule has 0 aromatic heterocycles. The SMILES string of the molecule is O=C(NCC1CCCO1)Nc1ccc(OC(F)F)c(F)c1. The first-order chi connectivity index (χ1) is 10.0. The highest BCUT2D eigenvalue weighted by atomic mass is 19.3. The first-order valence-electron chi connectivity index (χ1n) is 6.45. The summed E-state index contributed by atoms with van der Waals surface area (Å²) < 4.78 is 46.7. The van der Waals surface area contributed by atoms with Crippen LogP contribution in [0.3, 0.4) is 0 Å². The Bertz CT molecular complexity index is 494. The van der Waals surface area contributed by atoms with Gasteiger partial charge in [-0.3, -0.25) is 0 Å². The lowest BCUT2D eigenvalue weighted by molar-refractivity contribution is -0.0521. The van der Waals surface area contributed by atoms with E-state index in [-0.39, 0.29) is 11.8 Å². The Kier molecular flexibility index (Phi) is 5.26. The fourth-order valence-electron chi connectivity index (χ4n) is 1.96. The van der Waals surface area contributed by atoms with E-state index in [2.05, 4.69) is 15.4 Å². The predicted octanol–water partition coefficient (Wildman–Crippen LogP) is 2.73. The lowest BCUT2D eigenvalue weighted by atomic mass is 10.2. The van der Waals surface area contributed by atoms with Gasteiger partial charge in [-0.15, -0.1) is 0 Å². The van der Waals surface area contributed by atoms with Crippen molar-refractivity contribution in [2.45, 2.75) is 25.6 Å². The summed E-state index contributed by atoms with van der Waals surface area (Å²) in [4.78, 5) is 11.6. The van der Waals surface area contributed by atoms with Crippen molar-refractivity contribution < 1.29 is 27.4 Å². The van der Waals surface area contributed by atoms with E-state index in [1.807, 2.05) is 0 Å². The molecule has 0 bridgehead atoms. The van der Waals surface area contributed by atoms with Crippen LogP contribution in [0.25, 0.3) is 0 Å². The van der Waals surface area contributed by atoms with Gasteiger partial charge in [0, 0.05) is 24.9 Å². The highest BCUT2D eigenvalue weighted by molar-refractivity contribution is 5.89. The summed E-state index contributed by atoms with van der Waals surface area (Å²) in [5.74, 6) is -1.55. The number of hydrogen-bond acceptors (Lipinski definition) is 3. The maximum Gasteiger partial charge on any atom is 0.387 e. The molecule has 1 atom stereocenters. The zero-order valence-corrected chi connectivity index (χ0v) is 11.1. The zero-order valence-electron chi connectivity index (χ0n) is 11.1. The van der Waals surface area contributed by atoms with Crippen LogP contribution in [0.1, 0.15) is 12.8 Å². The molecule has 5 nitrogen and oxygen atoms in total. The van der Waals surface area contributed by atoms with Gasteiger partial charge in [0.25, 0.3) is 0 Å². The average Bonchev–Trinajstić information content (AvgIpc) is 2.92. The summed E-state index contributed by atoms with van der Waals surface area (Å²) in [6, 6.07) is 2.68. The molecule has 2 amide bonds. The molecule has 1 unspecified atom stereocenters. The van der Waals surface area contributed by atoms with Crippen LogP contribution in [-0.2, 0) is 4.74 Å². The molecule has 1 fully saturated rings. The third kappa shape index (κ3) is 4.82. The number of hydrogen-bond donors (Lipinski definition) is 2. The summed E-state index contributed by atoms with van der Waals surface area (Å²) >= 11 is 0. The van der Waals surface area contributed by atoms with Gasteiger partial charge >= 0.3 is 12.6 Å². The number of rotatable bonds is 5. The van der Waals surface area contributed by atoms with Crippen LogP contribution in [0.15, 0.2) is 18.2 Å². The molecule has 1 aromatic carbocycles. The number of anilines is 1. The second-order valence-electron chi connectivity index (χ2n) is 4.49. The number of carbonyl (C=O) groups is 1. The molecule has 0 aliphatic carbocycles. The van der Waals surface area contributed by atoms with E-state index in [1.54, 1.807) is 0 Å². The van der Waals surface area contributed by atoms with Gasteiger partial charge in [0.2, 0.25) is 0 Å². The molecule has 21 heavy (non-hydrogen) atoms. The minimum atomic E-state index is -3.10. The summed E-state index contributed by atoms with van der Waals surface area (Å²) in [5.41, 5.74) is 0.138. The van der Waals surface area contributed by atoms with Gasteiger partial charge in [-0.2, -0.15) is 8.78 Å². The lowest BCUT2D eigenvalue weighted by Crippen LogP contribution is -2.35. The Morgan fingerprint density at radius 3 is 2.90 bits per heavy atom. The molecule has 2 N–H and O–H groups in total. The minimum absolute atomic E-state index is 0.00527. The van der Waals surface area contributed by atoms with Crippen molar-refractivity contribution in [2.75, 3.05) is 18.5 Å². The van der Waals surface area contributed by atoms with Gasteiger partial charge in [0.1, 0.15) is 0 Å². The first-order valence-corrected chi connectivity index (χ1v) is 6.45. The van der Waals surface area contributed by atoms with Gasteiger partial charge in [-0.05, 0) is 25.0 Å². The highest BCUT2D eigenvalue weighted by Gasteiger charge is 2.16. The number of halogens is 3. The topological polar surface area (TPSA) is 59.6 Å². The van der Waals surface area contributed by atoms with Crippen LogP contribution in [0, 0.1) is 5.82 Å². The molecule has 1 aliphatic rings. The standard InChI is InChI=1S/C13H15F3N2O3/c14-10-6-8(3-4-11(10)21-12(15)16)18-13(19)17-7-9-2-1-5-20-9/h3-4,6,9,12H,1-2,5,7H2,(H2,17,18,19). The zero-order chi connectivity index (χ0) is 15.2. The molecule has 1 heterocycles. The maximum absolute atomic E-state index is 13.4.